The van der Waals surface area contributed by atoms with Gasteiger partial charge in [0, 0.05) is 0 Å². The van der Waals surface area contributed by atoms with Gasteiger partial charge >= 0.3 is 0 Å². The molecule has 0 aromatic heterocycles. The third-order valence-electron chi connectivity index (χ3n) is 2.51. The van der Waals surface area contributed by atoms with E-state index in [1.54, 1.807) is 0 Å². The summed E-state index contributed by atoms with van der Waals surface area (Å²) in [5.74, 6) is 0.566. The number of aliphatic hydroxyl groups excluding tert-OH is 1. The summed E-state index contributed by atoms with van der Waals surface area (Å²) in [5.41, 5.74) is 0. The molecule has 1 unspecified atom stereocenters. The van der Waals surface area contributed by atoms with Crippen LogP contribution < -0.4 is 5.32 Å². The Kier molecular flexibility index (Phi) is 3.87. The minimum Gasteiger partial charge on any atom is -0.393 e. The van der Waals surface area contributed by atoms with Gasteiger partial charge < -0.3 is 10.4 Å². The highest BCUT2D eigenvalue weighted by Gasteiger charge is 2.19. The smallest absolute Gasteiger partial charge is 0.0569 e. The van der Waals surface area contributed by atoms with E-state index in [-0.39, 0.29) is 6.10 Å². The lowest BCUT2D eigenvalue weighted by molar-refractivity contribution is 0.0804. The largest absolute Gasteiger partial charge is 0.393 e. The molecular weight excluding hydrogens is 138 g/mol. The average molecular weight is 157 g/mol. The highest BCUT2D eigenvalue weighted by molar-refractivity contribution is 4.74. The second-order valence-electron chi connectivity index (χ2n) is 3.44. The number of aliphatic hydroxyl groups is 1. The van der Waals surface area contributed by atoms with Crippen LogP contribution in [0.4, 0.5) is 0 Å². The van der Waals surface area contributed by atoms with Crippen LogP contribution in [0, 0.1) is 5.92 Å². The second-order valence-corrected chi connectivity index (χ2v) is 3.44. The van der Waals surface area contributed by atoms with E-state index in [0.29, 0.717) is 5.92 Å². The first-order valence-electron chi connectivity index (χ1n) is 4.73. The van der Waals surface area contributed by atoms with Crippen molar-refractivity contribution < 1.29 is 5.11 Å². The maximum Gasteiger partial charge on any atom is 0.0569 e. The molecule has 1 aliphatic rings. The number of nitrogens with one attached hydrogen (secondary N) is 1. The maximum absolute atomic E-state index is 9.65. The van der Waals surface area contributed by atoms with Gasteiger partial charge in [0.2, 0.25) is 0 Å². The molecule has 2 N–H and O–H groups in total. The molecule has 2 nitrogen and oxygen atoms in total. The number of hydrogen-bond acceptors (Lipinski definition) is 2. The number of rotatable bonds is 3. The molecule has 0 aliphatic carbocycles. The fraction of sp³-hybridized carbons (Fsp3) is 1.00. The Balaban J connectivity index is 2.21. The van der Waals surface area contributed by atoms with Crippen LogP contribution in [0.5, 0.6) is 0 Å². The van der Waals surface area contributed by atoms with Crippen LogP contribution >= 0.6 is 0 Å². The van der Waals surface area contributed by atoms with Crippen molar-refractivity contribution in [1.82, 2.24) is 5.32 Å². The van der Waals surface area contributed by atoms with Gasteiger partial charge in [0.25, 0.3) is 0 Å². The predicted molar refractivity (Wildman–Crippen MR) is 46.5 cm³/mol. The lowest BCUT2D eigenvalue weighted by Crippen LogP contribution is -2.33. The van der Waals surface area contributed by atoms with E-state index in [9.17, 15) is 5.11 Å². The molecule has 1 heterocycles. The van der Waals surface area contributed by atoms with E-state index in [1.807, 2.05) is 0 Å². The molecule has 2 heteroatoms. The Morgan fingerprint density at radius 2 is 2.09 bits per heavy atom. The third-order valence-corrected chi connectivity index (χ3v) is 2.51. The summed E-state index contributed by atoms with van der Waals surface area (Å²) in [5, 5.41) is 12.9. The summed E-state index contributed by atoms with van der Waals surface area (Å²) >= 11 is 0. The molecule has 1 saturated heterocycles. The zero-order chi connectivity index (χ0) is 8.10. The van der Waals surface area contributed by atoms with Gasteiger partial charge in [-0.05, 0) is 38.3 Å². The summed E-state index contributed by atoms with van der Waals surface area (Å²) in [6.07, 6.45) is 4.35. The molecule has 66 valence electrons. The van der Waals surface area contributed by atoms with Crippen LogP contribution in [-0.2, 0) is 0 Å². The second kappa shape index (κ2) is 4.73. The van der Waals surface area contributed by atoms with Gasteiger partial charge in [0.1, 0.15) is 0 Å². The minimum atomic E-state index is -0.0397. The Labute approximate surface area is 69.0 Å². The van der Waals surface area contributed by atoms with E-state index in [2.05, 4.69) is 12.2 Å². The highest BCUT2D eigenvalue weighted by Crippen LogP contribution is 2.19. The molecule has 1 rings (SSSR count). The summed E-state index contributed by atoms with van der Waals surface area (Å²) in [4.78, 5) is 0. The average Bonchev–Trinajstić information content (AvgIpc) is 2.07. The molecule has 1 atom stereocenters. The van der Waals surface area contributed by atoms with Crippen LogP contribution in [0.15, 0.2) is 0 Å². The molecule has 0 aromatic carbocycles. The fourth-order valence-electron chi connectivity index (χ4n) is 1.76. The van der Waals surface area contributed by atoms with Crippen molar-refractivity contribution in [3.05, 3.63) is 0 Å². The normalized spacial score (nSPS) is 23.5. The van der Waals surface area contributed by atoms with E-state index in [0.717, 1.165) is 38.8 Å². The van der Waals surface area contributed by atoms with Crippen molar-refractivity contribution in [3.8, 4) is 0 Å². The molecule has 0 saturated carbocycles. The summed E-state index contributed by atoms with van der Waals surface area (Å²) in [7, 11) is 0. The van der Waals surface area contributed by atoms with Gasteiger partial charge in [-0.25, -0.2) is 0 Å². The van der Waals surface area contributed by atoms with E-state index in [1.165, 1.54) is 0 Å². The quantitative estimate of drug-likeness (QED) is 0.644. The Morgan fingerprint density at radius 3 is 2.64 bits per heavy atom. The van der Waals surface area contributed by atoms with Crippen LogP contribution in [-0.4, -0.2) is 24.3 Å². The maximum atomic E-state index is 9.65. The third kappa shape index (κ3) is 2.80. The van der Waals surface area contributed by atoms with Gasteiger partial charge in [0.15, 0.2) is 0 Å². The molecule has 11 heavy (non-hydrogen) atoms. The molecule has 1 aliphatic heterocycles. The van der Waals surface area contributed by atoms with Crippen LogP contribution in [0.25, 0.3) is 0 Å². The first-order valence-corrected chi connectivity index (χ1v) is 4.73. The highest BCUT2D eigenvalue weighted by atomic mass is 16.3. The molecule has 0 aromatic rings. The molecule has 0 spiro atoms. The van der Waals surface area contributed by atoms with Crippen molar-refractivity contribution in [3.63, 3.8) is 0 Å². The molecule has 1 fully saturated rings. The molecular formula is C9H19NO. The number of piperidine rings is 1. The Bertz CT molecular complexity index is 99.7. The van der Waals surface area contributed by atoms with Gasteiger partial charge in [-0.3, -0.25) is 0 Å². The van der Waals surface area contributed by atoms with E-state index >= 15 is 0 Å². The topological polar surface area (TPSA) is 32.3 Å². The predicted octanol–water partition coefficient (Wildman–Crippen LogP) is 1.15. The van der Waals surface area contributed by atoms with Crippen LogP contribution in [0.2, 0.25) is 0 Å². The van der Waals surface area contributed by atoms with Crippen molar-refractivity contribution >= 4 is 0 Å². The number of hydrogen-bond donors (Lipinski definition) is 2. The Morgan fingerprint density at radius 1 is 1.45 bits per heavy atom. The van der Waals surface area contributed by atoms with Crippen LogP contribution in [0.1, 0.15) is 32.6 Å². The van der Waals surface area contributed by atoms with E-state index < -0.39 is 0 Å². The SMILES string of the molecule is CCCC(O)C1CCNCC1. The van der Waals surface area contributed by atoms with Crippen molar-refractivity contribution in [1.29, 1.82) is 0 Å². The van der Waals surface area contributed by atoms with Gasteiger partial charge in [-0.1, -0.05) is 13.3 Å². The Hall–Kier alpha value is -0.0800. The van der Waals surface area contributed by atoms with Gasteiger partial charge in [-0.15, -0.1) is 0 Å². The standard InChI is InChI=1S/C9H19NO/c1-2-3-9(11)8-4-6-10-7-5-8/h8-11H,2-7H2,1H3. The summed E-state index contributed by atoms with van der Waals surface area (Å²) < 4.78 is 0. The molecule has 0 amide bonds. The summed E-state index contributed by atoms with van der Waals surface area (Å²) in [6, 6.07) is 0. The first-order chi connectivity index (χ1) is 5.34. The van der Waals surface area contributed by atoms with E-state index in [4.69, 9.17) is 0 Å². The zero-order valence-electron chi connectivity index (χ0n) is 7.34. The zero-order valence-corrected chi connectivity index (χ0v) is 7.34. The monoisotopic (exact) mass is 157 g/mol. The molecule has 0 radical (unpaired) electrons. The lowest BCUT2D eigenvalue weighted by Gasteiger charge is -2.26. The van der Waals surface area contributed by atoms with Crippen LogP contribution in [0.3, 0.4) is 0 Å². The van der Waals surface area contributed by atoms with Gasteiger partial charge in [0.05, 0.1) is 6.10 Å². The summed E-state index contributed by atoms with van der Waals surface area (Å²) in [6.45, 7) is 4.31. The lowest BCUT2D eigenvalue weighted by atomic mass is 9.90. The minimum absolute atomic E-state index is 0.0397. The van der Waals surface area contributed by atoms with Crippen molar-refractivity contribution in [2.45, 2.75) is 38.7 Å². The molecule has 0 bridgehead atoms. The fourth-order valence-corrected chi connectivity index (χ4v) is 1.76. The first kappa shape index (κ1) is 9.01. The van der Waals surface area contributed by atoms with Crippen molar-refractivity contribution in [2.75, 3.05) is 13.1 Å². The van der Waals surface area contributed by atoms with Crippen molar-refractivity contribution in [2.24, 2.45) is 5.92 Å². The van der Waals surface area contributed by atoms with Gasteiger partial charge in [-0.2, -0.15) is 0 Å².